The minimum absolute atomic E-state index is 0.470. The quantitative estimate of drug-likeness (QED) is 0.906. The van der Waals surface area contributed by atoms with Crippen molar-refractivity contribution in [2.24, 2.45) is 0 Å². The van der Waals surface area contributed by atoms with Gasteiger partial charge in [0.15, 0.2) is 0 Å². The number of aromatic nitrogens is 1. The van der Waals surface area contributed by atoms with E-state index >= 15 is 0 Å². The third kappa shape index (κ3) is 3.25. The van der Waals surface area contributed by atoms with E-state index in [-0.39, 0.29) is 0 Å². The highest BCUT2D eigenvalue weighted by Gasteiger charge is 2.25. The average molecular weight is 263 g/mol. The Bertz CT molecular complexity index is 408. The van der Waals surface area contributed by atoms with Gasteiger partial charge in [0.25, 0.3) is 0 Å². The van der Waals surface area contributed by atoms with Gasteiger partial charge in [-0.15, -0.1) is 0 Å². The van der Waals surface area contributed by atoms with Crippen molar-refractivity contribution in [3.8, 4) is 0 Å². The molecule has 1 aromatic rings. The van der Waals surface area contributed by atoms with Gasteiger partial charge in [0, 0.05) is 30.9 Å². The van der Waals surface area contributed by atoms with Crippen LogP contribution >= 0.6 is 0 Å². The van der Waals surface area contributed by atoms with Gasteiger partial charge in [0.2, 0.25) is 0 Å². The zero-order valence-electron chi connectivity index (χ0n) is 12.2. The lowest BCUT2D eigenvalue weighted by Gasteiger charge is -2.33. The van der Waals surface area contributed by atoms with E-state index in [0.717, 1.165) is 43.9 Å². The van der Waals surface area contributed by atoms with Crippen LogP contribution in [0.3, 0.4) is 0 Å². The lowest BCUT2D eigenvalue weighted by Crippen LogP contribution is -2.40. The Balaban J connectivity index is 2.32. The monoisotopic (exact) mass is 263 g/mol. The summed E-state index contributed by atoms with van der Waals surface area (Å²) in [4.78, 5) is 9.30. The first-order chi connectivity index (χ1) is 9.13. The molecular weight excluding hydrogens is 238 g/mol. The summed E-state index contributed by atoms with van der Waals surface area (Å²) < 4.78 is 0. The van der Waals surface area contributed by atoms with E-state index < -0.39 is 6.10 Å². The van der Waals surface area contributed by atoms with Crippen LogP contribution in [0.2, 0.25) is 0 Å². The summed E-state index contributed by atoms with van der Waals surface area (Å²) in [7, 11) is 2.18. The van der Waals surface area contributed by atoms with E-state index in [9.17, 15) is 5.11 Å². The second-order valence-electron chi connectivity index (χ2n) is 5.46. The van der Waals surface area contributed by atoms with Crippen LogP contribution < -0.4 is 4.90 Å². The Morgan fingerprint density at radius 2 is 2.26 bits per heavy atom. The van der Waals surface area contributed by atoms with E-state index in [1.807, 2.05) is 25.3 Å². The number of pyridine rings is 1. The lowest BCUT2D eigenvalue weighted by molar-refractivity contribution is 0.199. The maximum absolute atomic E-state index is 9.94. The molecule has 2 unspecified atom stereocenters. The van der Waals surface area contributed by atoms with Crippen LogP contribution in [-0.4, -0.2) is 47.7 Å². The molecule has 0 aromatic carbocycles. The summed E-state index contributed by atoms with van der Waals surface area (Å²) in [5, 5.41) is 9.94. The molecule has 4 nitrogen and oxygen atoms in total. The fourth-order valence-corrected chi connectivity index (χ4v) is 2.85. The third-order valence-corrected chi connectivity index (χ3v) is 3.91. The summed E-state index contributed by atoms with van der Waals surface area (Å²) in [6.45, 7) is 7.24. The first-order valence-electron chi connectivity index (χ1n) is 7.21. The highest BCUT2D eigenvalue weighted by atomic mass is 16.3. The summed E-state index contributed by atoms with van der Waals surface area (Å²) in [5.74, 6) is 0.958. The van der Waals surface area contributed by atoms with Crippen LogP contribution in [0.4, 0.5) is 5.82 Å². The van der Waals surface area contributed by atoms with Crippen molar-refractivity contribution in [3.05, 3.63) is 23.9 Å². The topological polar surface area (TPSA) is 39.6 Å². The zero-order valence-corrected chi connectivity index (χ0v) is 12.2. The Morgan fingerprint density at radius 1 is 1.47 bits per heavy atom. The molecule has 0 spiro atoms. The number of aliphatic hydroxyl groups excluding tert-OH is 1. The molecule has 1 saturated heterocycles. The predicted molar refractivity (Wildman–Crippen MR) is 78.4 cm³/mol. The molecular formula is C15H25N3O. The number of hydrogen-bond donors (Lipinski definition) is 1. The summed E-state index contributed by atoms with van der Waals surface area (Å²) >= 11 is 0. The van der Waals surface area contributed by atoms with Crippen molar-refractivity contribution in [1.82, 2.24) is 9.88 Å². The van der Waals surface area contributed by atoms with E-state index in [4.69, 9.17) is 0 Å². The van der Waals surface area contributed by atoms with E-state index in [1.165, 1.54) is 0 Å². The Morgan fingerprint density at radius 3 is 2.95 bits per heavy atom. The van der Waals surface area contributed by atoms with Gasteiger partial charge in [-0.25, -0.2) is 4.98 Å². The summed E-state index contributed by atoms with van der Waals surface area (Å²) in [5.41, 5.74) is 0.936. The summed E-state index contributed by atoms with van der Waals surface area (Å²) in [6, 6.07) is 4.35. The van der Waals surface area contributed by atoms with Gasteiger partial charge in [0.1, 0.15) is 5.82 Å². The Kier molecular flexibility index (Phi) is 4.77. The standard InChI is InChI=1S/C15H25N3O/c1-4-13-11-17(3)9-6-10-18(13)15-14(12(2)19)7-5-8-16-15/h5,7-8,12-13,19H,4,6,9-11H2,1-3H3. The molecule has 2 heterocycles. The fraction of sp³-hybridized carbons (Fsp3) is 0.667. The molecule has 1 aromatic heterocycles. The van der Waals surface area contributed by atoms with Gasteiger partial charge in [-0.05, 0) is 39.4 Å². The van der Waals surface area contributed by atoms with Gasteiger partial charge < -0.3 is 14.9 Å². The van der Waals surface area contributed by atoms with Crippen molar-refractivity contribution in [3.63, 3.8) is 0 Å². The Hall–Kier alpha value is -1.13. The number of hydrogen-bond acceptors (Lipinski definition) is 4. The highest BCUT2D eigenvalue weighted by molar-refractivity contribution is 5.49. The van der Waals surface area contributed by atoms with Crippen LogP contribution in [0.15, 0.2) is 18.3 Å². The minimum atomic E-state index is -0.470. The zero-order chi connectivity index (χ0) is 13.8. The maximum atomic E-state index is 9.94. The molecule has 1 N–H and O–H groups in total. The predicted octanol–water partition coefficient (Wildman–Crippen LogP) is 2.06. The molecule has 19 heavy (non-hydrogen) atoms. The number of nitrogens with zero attached hydrogens (tertiary/aromatic N) is 3. The second kappa shape index (κ2) is 6.35. The second-order valence-corrected chi connectivity index (χ2v) is 5.46. The van der Waals surface area contributed by atoms with Gasteiger partial charge in [-0.1, -0.05) is 13.0 Å². The van der Waals surface area contributed by atoms with Crippen molar-refractivity contribution in [2.45, 2.75) is 38.8 Å². The van der Waals surface area contributed by atoms with Crippen LogP contribution in [0.25, 0.3) is 0 Å². The van der Waals surface area contributed by atoms with Crippen LogP contribution in [0.5, 0.6) is 0 Å². The van der Waals surface area contributed by atoms with Gasteiger partial charge in [-0.3, -0.25) is 0 Å². The molecule has 0 radical (unpaired) electrons. The molecule has 0 bridgehead atoms. The Labute approximate surface area is 116 Å². The molecule has 106 valence electrons. The molecule has 1 aliphatic rings. The van der Waals surface area contributed by atoms with Gasteiger partial charge >= 0.3 is 0 Å². The average Bonchev–Trinajstić information content (AvgIpc) is 2.60. The van der Waals surface area contributed by atoms with E-state index in [1.54, 1.807) is 0 Å². The smallest absolute Gasteiger partial charge is 0.134 e. The fourth-order valence-electron chi connectivity index (χ4n) is 2.85. The minimum Gasteiger partial charge on any atom is -0.389 e. The number of aliphatic hydroxyl groups is 1. The maximum Gasteiger partial charge on any atom is 0.134 e. The van der Waals surface area contributed by atoms with Crippen molar-refractivity contribution in [1.29, 1.82) is 0 Å². The third-order valence-electron chi connectivity index (χ3n) is 3.91. The number of rotatable bonds is 3. The SMILES string of the molecule is CCC1CN(C)CCCN1c1ncccc1C(C)O. The summed E-state index contributed by atoms with van der Waals surface area (Å²) in [6.07, 6.45) is 3.59. The first-order valence-corrected chi connectivity index (χ1v) is 7.21. The van der Waals surface area contributed by atoms with Crippen LogP contribution in [0.1, 0.15) is 38.4 Å². The molecule has 2 atom stereocenters. The van der Waals surface area contributed by atoms with E-state index in [0.29, 0.717) is 6.04 Å². The highest BCUT2D eigenvalue weighted by Crippen LogP contribution is 2.27. The first kappa shape index (κ1) is 14.3. The molecule has 1 fully saturated rings. The van der Waals surface area contributed by atoms with Crippen molar-refractivity contribution >= 4 is 5.82 Å². The van der Waals surface area contributed by atoms with Crippen molar-refractivity contribution in [2.75, 3.05) is 31.6 Å². The molecule has 0 amide bonds. The van der Waals surface area contributed by atoms with Gasteiger partial charge in [0.05, 0.1) is 6.10 Å². The normalized spacial score (nSPS) is 23.2. The molecule has 4 heteroatoms. The molecule has 0 aliphatic carbocycles. The molecule has 2 rings (SSSR count). The van der Waals surface area contributed by atoms with Crippen molar-refractivity contribution < 1.29 is 5.11 Å². The number of anilines is 1. The largest absolute Gasteiger partial charge is 0.389 e. The number of likely N-dealkylation sites (N-methyl/N-ethyl adjacent to an activating group) is 1. The lowest BCUT2D eigenvalue weighted by atomic mass is 10.1. The van der Waals surface area contributed by atoms with Gasteiger partial charge in [-0.2, -0.15) is 0 Å². The molecule has 1 aliphatic heterocycles. The van der Waals surface area contributed by atoms with E-state index in [2.05, 4.69) is 28.8 Å². The molecule has 0 saturated carbocycles. The van der Waals surface area contributed by atoms with Crippen LogP contribution in [-0.2, 0) is 0 Å². The van der Waals surface area contributed by atoms with Crippen LogP contribution in [0, 0.1) is 0 Å².